The lowest BCUT2D eigenvalue weighted by atomic mass is 10.2. The second-order valence-corrected chi connectivity index (χ2v) is 5.48. The highest BCUT2D eigenvalue weighted by atomic mass is 35.5. The van der Waals surface area contributed by atoms with Crippen molar-refractivity contribution in [2.75, 3.05) is 0 Å². The van der Waals surface area contributed by atoms with Crippen molar-refractivity contribution in [3.05, 3.63) is 53.2 Å². The zero-order valence-electron chi connectivity index (χ0n) is 9.56. The standard InChI is InChI=1S/C14H11ClN2S/c15-11-3-1-2-10-6-13(18-14(10)11)12-5-4-9(7-16)8-17-12/h1-6,8H,7,16H2. The Morgan fingerprint density at radius 2 is 2.11 bits per heavy atom. The van der Waals surface area contributed by atoms with E-state index in [-0.39, 0.29) is 0 Å². The summed E-state index contributed by atoms with van der Waals surface area (Å²) < 4.78 is 1.11. The van der Waals surface area contributed by atoms with Crippen molar-refractivity contribution in [1.82, 2.24) is 4.98 Å². The first-order valence-electron chi connectivity index (χ1n) is 5.61. The normalized spacial score (nSPS) is 11.0. The average Bonchev–Trinajstić information content (AvgIpc) is 2.84. The predicted molar refractivity (Wildman–Crippen MR) is 78.0 cm³/mol. The third-order valence-electron chi connectivity index (χ3n) is 2.81. The van der Waals surface area contributed by atoms with Crippen LogP contribution in [0.15, 0.2) is 42.6 Å². The van der Waals surface area contributed by atoms with Crippen LogP contribution in [0.4, 0.5) is 0 Å². The number of fused-ring (bicyclic) bond motifs is 1. The maximum absolute atomic E-state index is 6.18. The highest BCUT2D eigenvalue weighted by Crippen LogP contribution is 2.36. The predicted octanol–water partition coefficient (Wildman–Crippen LogP) is 4.08. The average molecular weight is 275 g/mol. The van der Waals surface area contributed by atoms with Gasteiger partial charge in [0.1, 0.15) is 0 Å². The molecule has 1 aromatic carbocycles. The minimum atomic E-state index is 0.519. The number of aromatic nitrogens is 1. The molecule has 3 rings (SSSR count). The van der Waals surface area contributed by atoms with Gasteiger partial charge in [-0.2, -0.15) is 0 Å². The largest absolute Gasteiger partial charge is 0.326 e. The molecule has 90 valence electrons. The van der Waals surface area contributed by atoms with E-state index < -0.39 is 0 Å². The van der Waals surface area contributed by atoms with Gasteiger partial charge in [-0.05, 0) is 29.1 Å². The Morgan fingerprint density at radius 1 is 1.22 bits per heavy atom. The van der Waals surface area contributed by atoms with Crippen molar-refractivity contribution in [2.45, 2.75) is 6.54 Å². The third-order valence-corrected chi connectivity index (χ3v) is 4.44. The van der Waals surface area contributed by atoms with Crippen molar-refractivity contribution >= 4 is 33.0 Å². The lowest BCUT2D eigenvalue weighted by Gasteiger charge is -1.98. The van der Waals surface area contributed by atoms with E-state index in [9.17, 15) is 0 Å². The highest BCUT2D eigenvalue weighted by Gasteiger charge is 2.07. The molecule has 2 aromatic heterocycles. The fourth-order valence-electron chi connectivity index (χ4n) is 1.84. The summed E-state index contributed by atoms with van der Waals surface area (Å²) in [6.45, 7) is 0.519. The van der Waals surface area contributed by atoms with Crippen LogP contribution in [0.5, 0.6) is 0 Å². The van der Waals surface area contributed by atoms with Crippen molar-refractivity contribution in [1.29, 1.82) is 0 Å². The number of hydrogen-bond donors (Lipinski definition) is 1. The van der Waals surface area contributed by atoms with Gasteiger partial charge in [0.25, 0.3) is 0 Å². The van der Waals surface area contributed by atoms with Gasteiger partial charge in [-0.1, -0.05) is 29.8 Å². The lowest BCUT2D eigenvalue weighted by molar-refractivity contribution is 1.05. The molecule has 2 N–H and O–H groups in total. The van der Waals surface area contributed by atoms with E-state index in [1.54, 1.807) is 11.3 Å². The molecule has 18 heavy (non-hydrogen) atoms. The second-order valence-electron chi connectivity index (χ2n) is 4.02. The molecule has 0 aliphatic rings. The van der Waals surface area contributed by atoms with E-state index in [1.807, 2.05) is 30.5 Å². The number of nitrogens with zero attached hydrogens (tertiary/aromatic N) is 1. The molecule has 0 unspecified atom stereocenters. The molecule has 0 saturated heterocycles. The van der Waals surface area contributed by atoms with Crippen LogP contribution in [0.3, 0.4) is 0 Å². The van der Waals surface area contributed by atoms with Crippen molar-refractivity contribution in [3.8, 4) is 10.6 Å². The second kappa shape index (κ2) is 4.69. The quantitative estimate of drug-likeness (QED) is 0.765. The summed E-state index contributed by atoms with van der Waals surface area (Å²) in [4.78, 5) is 5.56. The minimum Gasteiger partial charge on any atom is -0.326 e. The molecule has 0 fully saturated rings. The Hall–Kier alpha value is -1.42. The van der Waals surface area contributed by atoms with E-state index in [4.69, 9.17) is 17.3 Å². The maximum atomic E-state index is 6.18. The van der Waals surface area contributed by atoms with Crippen LogP contribution in [-0.4, -0.2) is 4.98 Å². The smallest absolute Gasteiger partial charge is 0.0802 e. The van der Waals surface area contributed by atoms with Crippen LogP contribution in [-0.2, 0) is 6.54 Å². The van der Waals surface area contributed by atoms with Crippen molar-refractivity contribution in [2.24, 2.45) is 5.73 Å². The monoisotopic (exact) mass is 274 g/mol. The summed E-state index contributed by atoms with van der Waals surface area (Å²) in [6, 6.07) is 12.1. The topological polar surface area (TPSA) is 38.9 Å². The van der Waals surface area contributed by atoms with Gasteiger partial charge >= 0.3 is 0 Å². The molecular weight excluding hydrogens is 264 g/mol. The molecular formula is C14H11ClN2S. The molecule has 0 saturated carbocycles. The SMILES string of the molecule is NCc1ccc(-c2cc3cccc(Cl)c3s2)nc1. The molecule has 4 heteroatoms. The summed E-state index contributed by atoms with van der Waals surface area (Å²) in [5, 5.41) is 1.95. The lowest BCUT2D eigenvalue weighted by Crippen LogP contribution is -1.96. The summed E-state index contributed by atoms with van der Waals surface area (Å²) in [7, 11) is 0. The summed E-state index contributed by atoms with van der Waals surface area (Å²) >= 11 is 7.84. The van der Waals surface area contributed by atoms with E-state index in [1.165, 1.54) is 0 Å². The van der Waals surface area contributed by atoms with Gasteiger partial charge in [-0.3, -0.25) is 4.98 Å². The van der Waals surface area contributed by atoms with E-state index in [0.29, 0.717) is 6.54 Å². The van der Waals surface area contributed by atoms with Gasteiger partial charge in [0.05, 0.1) is 20.3 Å². The molecule has 0 radical (unpaired) electrons. The number of thiophene rings is 1. The fourth-order valence-corrected chi connectivity index (χ4v) is 3.18. The van der Waals surface area contributed by atoms with Crippen molar-refractivity contribution in [3.63, 3.8) is 0 Å². The first-order chi connectivity index (χ1) is 8.78. The molecule has 0 aliphatic carbocycles. The summed E-state index contributed by atoms with van der Waals surface area (Å²) in [5.74, 6) is 0. The van der Waals surface area contributed by atoms with Crippen LogP contribution in [0.25, 0.3) is 20.7 Å². The Labute approximate surface area is 114 Å². The Morgan fingerprint density at radius 3 is 2.78 bits per heavy atom. The molecule has 3 aromatic rings. The first kappa shape index (κ1) is 11.7. The Kier molecular flexibility index (Phi) is 3.04. The van der Waals surface area contributed by atoms with Gasteiger partial charge < -0.3 is 5.73 Å². The summed E-state index contributed by atoms with van der Waals surface area (Å²) in [5.41, 5.74) is 7.57. The molecule has 0 aliphatic heterocycles. The molecule has 0 spiro atoms. The highest BCUT2D eigenvalue weighted by molar-refractivity contribution is 7.22. The molecule has 2 heterocycles. The number of nitrogens with two attached hydrogens (primary N) is 1. The van der Waals surface area contributed by atoms with E-state index >= 15 is 0 Å². The number of hydrogen-bond acceptors (Lipinski definition) is 3. The van der Waals surface area contributed by atoms with Crippen LogP contribution in [0.1, 0.15) is 5.56 Å². The van der Waals surface area contributed by atoms with Gasteiger partial charge in [0, 0.05) is 12.7 Å². The van der Waals surface area contributed by atoms with Gasteiger partial charge in [-0.25, -0.2) is 0 Å². The number of benzene rings is 1. The van der Waals surface area contributed by atoms with Gasteiger partial charge in [0.2, 0.25) is 0 Å². The molecule has 0 bridgehead atoms. The van der Waals surface area contributed by atoms with E-state index in [2.05, 4.69) is 17.1 Å². The maximum Gasteiger partial charge on any atom is 0.0802 e. The van der Waals surface area contributed by atoms with Gasteiger partial charge in [-0.15, -0.1) is 11.3 Å². The Bertz CT molecular complexity index is 689. The zero-order chi connectivity index (χ0) is 12.5. The fraction of sp³-hybridized carbons (Fsp3) is 0.0714. The molecule has 0 atom stereocenters. The third kappa shape index (κ3) is 2.01. The van der Waals surface area contributed by atoms with Crippen LogP contribution in [0, 0.1) is 0 Å². The van der Waals surface area contributed by atoms with Gasteiger partial charge in [0.15, 0.2) is 0 Å². The molecule has 0 amide bonds. The molecule has 2 nitrogen and oxygen atoms in total. The number of pyridine rings is 1. The zero-order valence-corrected chi connectivity index (χ0v) is 11.1. The van der Waals surface area contributed by atoms with E-state index in [0.717, 1.165) is 31.2 Å². The first-order valence-corrected chi connectivity index (χ1v) is 6.81. The number of rotatable bonds is 2. The van der Waals surface area contributed by atoms with Crippen molar-refractivity contribution < 1.29 is 0 Å². The number of halogens is 1. The Balaban J connectivity index is 2.10. The van der Waals surface area contributed by atoms with Crippen LogP contribution < -0.4 is 5.73 Å². The van der Waals surface area contributed by atoms with Crippen LogP contribution in [0.2, 0.25) is 5.02 Å². The minimum absolute atomic E-state index is 0.519. The van der Waals surface area contributed by atoms with Crippen LogP contribution >= 0.6 is 22.9 Å². The summed E-state index contributed by atoms with van der Waals surface area (Å²) in [6.07, 6.45) is 1.82.